The number of rotatable bonds is 8. The van der Waals surface area contributed by atoms with Gasteiger partial charge in [-0.1, -0.05) is 6.92 Å². The second kappa shape index (κ2) is 7.87. The minimum atomic E-state index is -3.57. The van der Waals surface area contributed by atoms with Crippen LogP contribution in [0, 0.1) is 0 Å². The summed E-state index contributed by atoms with van der Waals surface area (Å²) in [4.78, 5) is 0.195. The van der Waals surface area contributed by atoms with Crippen molar-refractivity contribution in [3.8, 4) is 5.75 Å². The molecular formula is C13H21NO4S2. The highest BCUT2D eigenvalue weighted by atomic mass is 32.2. The lowest BCUT2D eigenvalue weighted by atomic mass is 10.1. The third-order valence-corrected chi connectivity index (χ3v) is 5.40. The van der Waals surface area contributed by atoms with Crippen molar-refractivity contribution < 1.29 is 18.3 Å². The van der Waals surface area contributed by atoms with E-state index in [0.717, 1.165) is 0 Å². The smallest absolute Gasteiger partial charge is 0.240 e. The van der Waals surface area contributed by atoms with Gasteiger partial charge in [-0.3, -0.25) is 0 Å². The van der Waals surface area contributed by atoms with E-state index in [4.69, 9.17) is 9.84 Å². The van der Waals surface area contributed by atoms with E-state index in [2.05, 4.69) is 4.72 Å². The van der Waals surface area contributed by atoms with Crippen LogP contribution in [0.2, 0.25) is 0 Å². The van der Waals surface area contributed by atoms with Crippen molar-refractivity contribution >= 4 is 21.8 Å². The average molecular weight is 319 g/mol. The van der Waals surface area contributed by atoms with Crippen LogP contribution in [0.4, 0.5) is 0 Å². The van der Waals surface area contributed by atoms with Gasteiger partial charge in [0.2, 0.25) is 10.0 Å². The summed E-state index contributed by atoms with van der Waals surface area (Å²) < 4.78 is 32.3. The van der Waals surface area contributed by atoms with Crippen molar-refractivity contribution in [3.63, 3.8) is 0 Å². The lowest BCUT2D eigenvalue weighted by molar-refractivity contribution is 0.298. The van der Waals surface area contributed by atoms with Crippen LogP contribution in [0.1, 0.15) is 12.5 Å². The van der Waals surface area contributed by atoms with Crippen molar-refractivity contribution in [3.05, 3.63) is 23.8 Å². The molecule has 0 radical (unpaired) electrons. The van der Waals surface area contributed by atoms with Crippen LogP contribution in [0.5, 0.6) is 5.75 Å². The molecule has 0 spiro atoms. The summed E-state index contributed by atoms with van der Waals surface area (Å²) in [5, 5.41) is 9.27. The molecule has 0 bridgehead atoms. The van der Waals surface area contributed by atoms with Gasteiger partial charge in [-0.25, -0.2) is 13.1 Å². The Morgan fingerprint density at radius 1 is 1.45 bits per heavy atom. The van der Waals surface area contributed by atoms with Crippen LogP contribution >= 0.6 is 11.8 Å². The summed E-state index contributed by atoms with van der Waals surface area (Å²) in [5.74, 6) is 0.574. The van der Waals surface area contributed by atoms with Crippen molar-refractivity contribution in [1.82, 2.24) is 4.72 Å². The number of aliphatic hydroxyl groups is 1. The van der Waals surface area contributed by atoms with E-state index < -0.39 is 10.0 Å². The molecule has 0 saturated carbocycles. The second-order valence-corrected chi connectivity index (χ2v) is 7.36. The van der Waals surface area contributed by atoms with Crippen LogP contribution in [0.3, 0.4) is 0 Å². The summed E-state index contributed by atoms with van der Waals surface area (Å²) in [5.41, 5.74) is 0.552. The van der Waals surface area contributed by atoms with Crippen molar-refractivity contribution in [2.75, 3.05) is 26.5 Å². The predicted octanol–water partition coefficient (Wildman–Crippen LogP) is 1.26. The fourth-order valence-corrected chi connectivity index (χ4v) is 3.38. The quantitative estimate of drug-likeness (QED) is 0.754. The first-order valence-corrected chi connectivity index (χ1v) is 9.02. The summed E-state index contributed by atoms with van der Waals surface area (Å²) in [7, 11) is -2.05. The highest BCUT2D eigenvalue weighted by molar-refractivity contribution is 7.99. The molecular weight excluding hydrogens is 298 g/mol. The maximum absolute atomic E-state index is 12.3. The summed E-state index contributed by atoms with van der Waals surface area (Å²) >= 11 is 1.59. The highest BCUT2D eigenvalue weighted by Crippen LogP contribution is 2.22. The molecule has 0 aliphatic rings. The molecule has 0 aliphatic heterocycles. The number of methoxy groups -OCH3 is 1. The number of sulfonamides is 1. The van der Waals surface area contributed by atoms with Gasteiger partial charge in [0, 0.05) is 18.4 Å². The Balaban J connectivity index is 3.03. The fraction of sp³-hybridized carbons (Fsp3) is 0.538. The Bertz CT molecular complexity index is 531. The van der Waals surface area contributed by atoms with E-state index in [1.807, 2.05) is 13.2 Å². The van der Waals surface area contributed by atoms with Crippen LogP contribution in [-0.4, -0.2) is 45.3 Å². The zero-order chi connectivity index (χ0) is 15.2. The van der Waals surface area contributed by atoms with Gasteiger partial charge in [0.1, 0.15) is 5.75 Å². The molecule has 0 saturated heterocycles. The first-order chi connectivity index (χ1) is 9.44. The molecule has 0 aromatic heterocycles. The zero-order valence-electron chi connectivity index (χ0n) is 11.9. The van der Waals surface area contributed by atoms with Gasteiger partial charge in [0.25, 0.3) is 0 Å². The molecule has 5 nitrogen and oxygen atoms in total. The van der Waals surface area contributed by atoms with Gasteiger partial charge in [0.05, 0.1) is 12.0 Å². The minimum absolute atomic E-state index is 0.114. The van der Waals surface area contributed by atoms with Gasteiger partial charge >= 0.3 is 0 Å². The van der Waals surface area contributed by atoms with Crippen LogP contribution < -0.4 is 9.46 Å². The lowest BCUT2D eigenvalue weighted by Crippen LogP contribution is -2.30. The van der Waals surface area contributed by atoms with Gasteiger partial charge in [-0.2, -0.15) is 11.8 Å². The van der Waals surface area contributed by atoms with E-state index >= 15 is 0 Å². The van der Waals surface area contributed by atoms with E-state index in [0.29, 0.717) is 17.9 Å². The monoisotopic (exact) mass is 319 g/mol. The number of aliphatic hydroxyl groups excluding tert-OH is 1. The molecule has 1 aromatic carbocycles. The molecule has 0 heterocycles. The highest BCUT2D eigenvalue weighted by Gasteiger charge is 2.19. The van der Waals surface area contributed by atoms with Gasteiger partial charge in [0.15, 0.2) is 0 Å². The van der Waals surface area contributed by atoms with Gasteiger partial charge < -0.3 is 9.84 Å². The van der Waals surface area contributed by atoms with E-state index in [9.17, 15) is 8.42 Å². The summed E-state index contributed by atoms with van der Waals surface area (Å²) in [6.45, 7) is 2.21. The standard InChI is InChI=1S/C13H21NO4S2/c1-10(19-3)9-14-20(16,17)13-5-4-12(18-2)8-11(13)6-7-15/h4-5,8,10,14-15H,6-7,9H2,1-3H3. The van der Waals surface area contributed by atoms with Crippen molar-refractivity contribution in [2.24, 2.45) is 0 Å². The number of thioether (sulfide) groups is 1. The summed E-state index contributed by atoms with van der Waals surface area (Å²) in [6, 6.07) is 4.76. The predicted molar refractivity (Wildman–Crippen MR) is 81.9 cm³/mol. The Morgan fingerprint density at radius 3 is 2.70 bits per heavy atom. The third-order valence-electron chi connectivity index (χ3n) is 2.90. The average Bonchev–Trinajstić information content (AvgIpc) is 2.44. The first kappa shape index (κ1) is 17.3. The molecule has 20 heavy (non-hydrogen) atoms. The Kier molecular flexibility index (Phi) is 6.81. The second-order valence-electron chi connectivity index (χ2n) is 4.35. The van der Waals surface area contributed by atoms with Crippen LogP contribution in [-0.2, 0) is 16.4 Å². The number of hydrogen-bond acceptors (Lipinski definition) is 5. The Hall–Kier alpha value is -0.760. The van der Waals surface area contributed by atoms with E-state index in [1.54, 1.807) is 23.9 Å². The lowest BCUT2D eigenvalue weighted by Gasteiger charge is -2.14. The SMILES string of the molecule is COc1ccc(S(=O)(=O)NCC(C)SC)c(CCO)c1. The molecule has 2 N–H and O–H groups in total. The largest absolute Gasteiger partial charge is 0.497 e. The Morgan fingerprint density at radius 2 is 2.15 bits per heavy atom. The molecule has 0 amide bonds. The maximum Gasteiger partial charge on any atom is 0.240 e. The number of nitrogens with one attached hydrogen (secondary N) is 1. The third kappa shape index (κ3) is 4.66. The fourth-order valence-electron chi connectivity index (χ4n) is 1.65. The molecule has 114 valence electrons. The number of hydrogen-bond donors (Lipinski definition) is 2. The molecule has 1 rings (SSSR count). The molecule has 0 fully saturated rings. The Labute approximate surface area is 124 Å². The number of benzene rings is 1. The topological polar surface area (TPSA) is 75.6 Å². The summed E-state index contributed by atoms with van der Waals surface area (Å²) in [6.07, 6.45) is 2.20. The zero-order valence-corrected chi connectivity index (χ0v) is 13.6. The molecule has 1 atom stereocenters. The van der Waals surface area contributed by atoms with Crippen molar-refractivity contribution in [1.29, 1.82) is 0 Å². The molecule has 0 aliphatic carbocycles. The normalized spacial score (nSPS) is 13.2. The molecule has 1 unspecified atom stereocenters. The van der Waals surface area contributed by atoms with Crippen molar-refractivity contribution in [2.45, 2.75) is 23.5 Å². The minimum Gasteiger partial charge on any atom is -0.497 e. The van der Waals surface area contributed by atoms with Gasteiger partial charge in [-0.05, 0) is 36.4 Å². The van der Waals surface area contributed by atoms with E-state index in [-0.39, 0.29) is 23.2 Å². The van der Waals surface area contributed by atoms with Crippen LogP contribution in [0.15, 0.2) is 23.1 Å². The molecule has 1 aromatic rings. The van der Waals surface area contributed by atoms with Crippen LogP contribution in [0.25, 0.3) is 0 Å². The molecule has 7 heteroatoms. The number of ether oxygens (including phenoxy) is 1. The van der Waals surface area contributed by atoms with E-state index in [1.165, 1.54) is 13.2 Å². The first-order valence-electron chi connectivity index (χ1n) is 6.24. The van der Waals surface area contributed by atoms with Gasteiger partial charge in [-0.15, -0.1) is 0 Å². The maximum atomic E-state index is 12.3.